The number of nitro benzene ring substituents is 1. The topological polar surface area (TPSA) is 114 Å². The van der Waals surface area contributed by atoms with Crippen LogP contribution in [-0.4, -0.2) is 20.6 Å². The molecule has 0 saturated heterocycles. The third kappa shape index (κ3) is 3.70. The first-order valence-corrected chi connectivity index (χ1v) is 7.39. The van der Waals surface area contributed by atoms with Crippen molar-refractivity contribution in [3.05, 3.63) is 50.3 Å². The molecule has 0 unspecified atom stereocenters. The zero-order valence-corrected chi connectivity index (χ0v) is 13.8. The molecule has 1 amide bonds. The quantitative estimate of drug-likeness (QED) is 0.659. The molecule has 1 aromatic heterocycles. The van der Waals surface area contributed by atoms with E-state index in [1.165, 1.54) is 12.1 Å². The summed E-state index contributed by atoms with van der Waals surface area (Å²) in [7, 11) is 0. The van der Waals surface area contributed by atoms with E-state index < -0.39 is 4.92 Å². The largest absolute Gasteiger partial charge is 0.325 e. The highest BCUT2D eigenvalue weighted by Crippen LogP contribution is 2.22. The minimum Gasteiger partial charge on any atom is -0.325 e. The van der Waals surface area contributed by atoms with Crippen LogP contribution >= 0.6 is 11.6 Å². The maximum atomic E-state index is 12.0. The molecule has 0 aliphatic rings. The molecule has 0 saturated carbocycles. The number of nitriles is 1. The number of rotatable bonds is 5. The van der Waals surface area contributed by atoms with Crippen LogP contribution in [0.1, 0.15) is 23.4 Å². The van der Waals surface area contributed by atoms with E-state index in [9.17, 15) is 14.9 Å². The third-order valence-electron chi connectivity index (χ3n) is 3.45. The first-order chi connectivity index (χ1) is 11.3. The van der Waals surface area contributed by atoms with E-state index in [-0.39, 0.29) is 29.3 Å². The Labute approximate surface area is 142 Å². The first kappa shape index (κ1) is 17.4. The predicted octanol–water partition coefficient (Wildman–Crippen LogP) is 2.96. The number of carbonyl (C=O) groups excluding carboxylic acids is 1. The van der Waals surface area contributed by atoms with Crippen molar-refractivity contribution in [3.8, 4) is 6.07 Å². The van der Waals surface area contributed by atoms with Crippen molar-refractivity contribution in [2.45, 2.75) is 26.8 Å². The van der Waals surface area contributed by atoms with Gasteiger partial charge in [-0.25, -0.2) is 0 Å². The molecule has 0 spiro atoms. The van der Waals surface area contributed by atoms with Crippen molar-refractivity contribution in [1.82, 2.24) is 9.78 Å². The molecule has 124 valence electrons. The minimum atomic E-state index is -0.598. The number of hydrogen-bond donors (Lipinski definition) is 1. The SMILES string of the molecule is Cc1nn(CCC(=O)Nc2ccc([N+](=O)[O-])cc2C#N)c(C)c1Cl. The maximum Gasteiger partial charge on any atom is 0.270 e. The van der Waals surface area contributed by atoms with Crippen LogP contribution in [0, 0.1) is 35.3 Å². The van der Waals surface area contributed by atoms with Crippen molar-refractivity contribution in [3.63, 3.8) is 0 Å². The Morgan fingerprint density at radius 2 is 2.21 bits per heavy atom. The van der Waals surface area contributed by atoms with Crippen molar-refractivity contribution in [1.29, 1.82) is 5.26 Å². The first-order valence-electron chi connectivity index (χ1n) is 7.01. The van der Waals surface area contributed by atoms with Crippen LogP contribution in [0.3, 0.4) is 0 Å². The summed E-state index contributed by atoms with van der Waals surface area (Å²) in [6.07, 6.45) is 0.125. The molecule has 0 radical (unpaired) electrons. The zero-order chi connectivity index (χ0) is 17.9. The lowest BCUT2D eigenvalue weighted by Crippen LogP contribution is -2.16. The summed E-state index contributed by atoms with van der Waals surface area (Å²) in [5.74, 6) is -0.330. The molecule has 9 heteroatoms. The summed E-state index contributed by atoms with van der Waals surface area (Å²) in [5, 5.41) is 27.2. The Balaban J connectivity index is 2.06. The number of halogens is 1. The Bertz CT molecular complexity index is 854. The molecule has 0 aliphatic carbocycles. The van der Waals surface area contributed by atoms with Crippen molar-refractivity contribution in [2.75, 3.05) is 5.32 Å². The van der Waals surface area contributed by atoms with Crippen LogP contribution < -0.4 is 5.32 Å². The van der Waals surface area contributed by atoms with Gasteiger partial charge in [-0.1, -0.05) is 11.6 Å². The molecule has 2 rings (SSSR count). The standard InChI is InChI=1S/C15H14ClN5O3/c1-9-15(16)10(2)20(19-9)6-5-14(22)18-13-4-3-12(21(23)24)7-11(13)8-17/h3-4,7H,5-6H2,1-2H3,(H,18,22). The minimum absolute atomic E-state index is 0.0340. The van der Waals surface area contributed by atoms with Crippen LogP contribution in [0.4, 0.5) is 11.4 Å². The fourth-order valence-electron chi connectivity index (χ4n) is 2.16. The second-order valence-electron chi connectivity index (χ2n) is 5.10. The lowest BCUT2D eigenvalue weighted by molar-refractivity contribution is -0.384. The average molecular weight is 348 g/mol. The number of carbonyl (C=O) groups is 1. The van der Waals surface area contributed by atoms with Crippen molar-refractivity contribution in [2.24, 2.45) is 0 Å². The van der Waals surface area contributed by atoms with Gasteiger partial charge in [-0.15, -0.1) is 0 Å². The van der Waals surface area contributed by atoms with Gasteiger partial charge < -0.3 is 5.32 Å². The number of nitro groups is 1. The molecular formula is C15H14ClN5O3. The van der Waals surface area contributed by atoms with Crippen LogP contribution in [0.2, 0.25) is 5.02 Å². The van der Waals surface area contributed by atoms with Crippen molar-refractivity contribution < 1.29 is 9.72 Å². The number of nitrogens with one attached hydrogen (secondary N) is 1. The number of hydrogen-bond acceptors (Lipinski definition) is 5. The Kier molecular flexibility index (Phi) is 5.16. The molecule has 0 atom stereocenters. The number of amides is 1. The third-order valence-corrected chi connectivity index (χ3v) is 4.00. The van der Waals surface area contributed by atoms with Crippen molar-refractivity contribution >= 4 is 28.9 Å². The van der Waals surface area contributed by atoms with Gasteiger partial charge >= 0.3 is 0 Å². The predicted molar refractivity (Wildman–Crippen MR) is 87.8 cm³/mol. The number of aryl methyl sites for hydroxylation is 2. The molecule has 1 N–H and O–H groups in total. The molecular weight excluding hydrogens is 334 g/mol. The molecule has 0 fully saturated rings. The van der Waals surface area contributed by atoms with Gasteiger partial charge in [0.05, 0.1) is 39.1 Å². The van der Waals surface area contributed by atoms with Gasteiger partial charge in [-0.3, -0.25) is 19.6 Å². The number of non-ortho nitro benzene ring substituents is 1. The van der Waals surface area contributed by atoms with E-state index in [1.54, 1.807) is 11.6 Å². The summed E-state index contributed by atoms with van der Waals surface area (Å²) in [6, 6.07) is 5.53. The molecule has 2 aromatic rings. The second kappa shape index (κ2) is 7.10. The van der Waals surface area contributed by atoms with Gasteiger partial charge in [0.2, 0.25) is 5.91 Å². The van der Waals surface area contributed by atoms with Crippen LogP contribution in [0.15, 0.2) is 18.2 Å². The highest BCUT2D eigenvalue weighted by molar-refractivity contribution is 6.31. The normalized spacial score (nSPS) is 10.2. The molecule has 8 nitrogen and oxygen atoms in total. The fourth-order valence-corrected chi connectivity index (χ4v) is 2.30. The highest BCUT2D eigenvalue weighted by atomic mass is 35.5. The smallest absolute Gasteiger partial charge is 0.270 e. The number of anilines is 1. The zero-order valence-electron chi connectivity index (χ0n) is 13.0. The van der Waals surface area contributed by atoms with Crippen LogP contribution in [0.25, 0.3) is 0 Å². The summed E-state index contributed by atoms with van der Waals surface area (Å²) in [4.78, 5) is 22.2. The van der Waals surface area contributed by atoms with Gasteiger partial charge in [-0.2, -0.15) is 10.4 Å². The molecule has 0 aliphatic heterocycles. The monoisotopic (exact) mass is 347 g/mol. The number of nitrogens with zero attached hydrogens (tertiary/aromatic N) is 4. The van der Waals surface area contributed by atoms with Crippen LogP contribution in [-0.2, 0) is 11.3 Å². The number of aromatic nitrogens is 2. The Morgan fingerprint density at radius 3 is 2.75 bits per heavy atom. The summed E-state index contributed by atoms with van der Waals surface area (Å²) >= 11 is 6.05. The molecule has 0 bridgehead atoms. The molecule has 1 aromatic carbocycles. The second-order valence-corrected chi connectivity index (χ2v) is 5.48. The Morgan fingerprint density at radius 1 is 1.50 bits per heavy atom. The van der Waals surface area contributed by atoms with Gasteiger partial charge in [-0.05, 0) is 19.9 Å². The lowest BCUT2D eigenvalue weighted by atomic mass is 10.1. The van der Waals surface area contributed by atoms with E-state index >= 15 is 0 Å². The molecule has 24 heavy (non-hydrogen) atoms. The van der Waals surface area contributed by atoms with Gasteiger partial charge in [0.25, 0.3) is 5.69 Å². The maximum absolute atomic E-state index is 12.0. The average Bonchev–Trinajstić information content (AvgIpc) is 2.80. The summed E-state index contributed by atoms with van der Waals surface area (Å²) in [6.45, 7) is 3.92. The van der Waals surface area contributed by atoms with Gasteiger partial charge in [0.15, 0.2) is 0 Å². The summed E-state index contributed by atoms with van der Waals surface area (Å²) < 4.78 is 1.64. The van der Waals surface area contributed by atoms with Crippen LogP contribution in [0.5, 0.6) is 0 Å². The van der Waals surface area contributed by atoms with Gasteiger partial charge in [0, 0.05) is 18.6 Å². The van der Waals surface area contributed by atoms with E-state index in [4.69, 9.17) is 16.9 Å². The van der Waals surface area contributed by atoms with E-state index in [2.05, 4.69) is 10.4 Å². The Hall–Kier alpha value is -2.92. The van der Waals surface area contributed by atoms with E-state index in [1.807, 2.05) is 13.0 Å². The van der Waals surface area contributed by atoms with E-state index in [0.717, 1.165) is 11.8 Å². The van der Waals surface area contributed by atoms with Gasteiger partial charge in [0.1, 0.15) is 6.07 Å². The lowest BCUT2D eigenvalue weighted by Gasteiger charge is -2.08. The number of benzene rings is 1. The van der Waals surface area contributed by atoms with E-state index in [0.29, 0.717) is 17.3 Å². The fraction of sp³-hybridized carbons (Fsp3) is 0.267. The summed E-state index contributed by atoms with van der Waals surface area (Å²) in [5.41, 5.74) is 1.53. The molecule has 1 heterocycles. The highest BCUT2D eigenvalue weighted by Gasteiger charge is 2.14.